The quantitative estimate of drug-likeness (QED) is 0.405. The van der Waals surface area contributed by atoms with E-state index in [4.69, 9.17) is 9.72 Å². The molecule has 1 aliphatic heterocycles. The van der Waals surface area contributed by atoms with Gasteiger partial charge in [0.25, 0.3) is 0 Å². The summed E-state index contributed by atoms with van der Waals surface area (Å²) in [5, 5.41) is 4.30. The highest BCUT2D eigenvalue weighted by atomic mass is 16.5. The summed E-state index contributed by atoms with van der Waals surface area (Å²) in [6.07, 6.45) is 1.71. The molecule has 1 saturated heterocycles. The lowest BCUT2D eigenvalue weighted by molar-refractivity contribution is -0.121. The number of benzene rings is 3. The Morgan fingerprint density at radius 1 is 0.941 bits per heavy atom. The molecule has 5 rings (SSSR count). The van der Waals surface area contributed by atoms with Crippen molar-refractivity contribution < 1.29 is 9.53 Å². The number of fused-ring (bicyclic) bond motifs is 1. The molecule has 0 saturated carbocycles. The number of pyridine rings is 1. The van der Waals surface area contributed by atoms with Crippen LogP contribution < -0.4 is 10.1 Å². The van der Waals surface area contributed by atoms with Gasteiger partial charge in [0.1, 0.15) is 5.75 Å². The minimum atomic E-state index is 0.0290. The van der Waals surface area contributed by atoms with Crippen molar-refractivity contribution in [2.24, 2.45) is 5.92 Å². The van der Waals surface area contributed by atoms with Gasteiger partial charge < -0.3 is 10.1 Å². The minimum absolute atomic E-state index is 0.0290. The number of piperidine rings is 1. The normalized spacial score (nSPS) is 14.7. The van der Waals surface area contributed by atoms with E-state index in [0.717, 1.165) is 71.6 Å². The summed E-state index contributed by atoms with van der Waals surface area (Å²) in [6, 6.07) is 28.4. The second-order valence-corrected chi connectivity index (χ2v) is 8.85. The van der Waals surface area contributed by atoms with Gasteiger partial charge in [-0.2, -0.15) is 0 Å². The number of para-hydroxylation sites is 1. The number of nitrogens with one attached hydrogen (secondary N) is 1. The van der Waals surface area contributed by atoms with Gasteiger partial charge in [0.15, 0.2) is 0 Å². The number of aromatic nitrogens is 1. The number of carbonyl (C=O) groups excluding carboxylic acids is 1. The van der Waals surface area contributed by atoms with Gasteiger partial charge in [-0.25, -0.2) is 0 Å². The number of ether oxygens (including phenoxy) is 1. The van der Waals surface area contributed by atoms with Gasteiger partial charge in [0, 0.05) is 23.5 Å². The molecule has 0 spiro atoms. The van der Waals surface area contributed by atoms with E-state index in [0.29, 0.717) is 0 Å². The summed E-state index contributed by atoms with van der Waals surface area (Å²) in [7, 11) is 1.67. The van der Waals surface area contributed by atoms with Crippen molar-refractivity contribution in [1.29, 1.82) is 0 Å². The summed E-state index contributed by atoms with van der Waals surface area (Å²) in [5.74, 6) is 0.949. The fourth-order valence-corrected chi connectivity index (χ4v) is 4.60. The third-order valence-electron chi connectivity index (χ3n) is 6.53. The Kier molecular flexibility index (Phi) is 6.54. The smallest absolute Gasteiger partial charge is 0.227 e. The van der Waals surface area contributed by atoms with Crippen molar-refractivity contribution in [2.45, 2.75) is 19.4 Å². The van der Waals surface area contributed by atoms with Crippen molar-refractivity contribution in [2.75, 3.05) is 25.5 Å². The monoisotopic (exact) mass is 451 g/mol. The van der Waals surface area contributed by atoms with Gasteiger partial charge in [0.2, 0.25) is 5.91 Å². The zero-order valence-electron chi connectivity index (χ0n) is 19.4. The molecule has 1 aromatic heterocycles. The molecule has 172 valence electrons. The molecule has 0 unspecified atom stereocenters. The molecule has 1 N–H and O–H groups in total. The summed E-state index contributed by atoms with van der Waals surface area (Å²) in [4.78, 5) is 20.2. The fraction of sp³-hybridized carbons (Fsp3) is 0.241. The third-order valence-corrected chi connectivity index (χ3v) is 6.53. The average molecular weight is 452 g/mol. The van der Waals surface area contributed by atoms with Crippen LogP contribution in [0.25, 0.3) is 22.0 Å². The summed E-state index contributed by atoms with van der Waals surface area (Å²) in [6.45, 7) is 2.62. The lowest BCUT2D eigenvalue weighted by atomic mass is 9.95. The summed E-state index contributed by atoms with van der Waals surface area (Å²) in [5.41, 5.74) is 5.05. The van der Waals surface area contributed by atoms with E-state index in [1.165, 1.54) is 0 Å². The first kappa shape index (κ1) is 22.1. The number of amides is 1. The van der Waals surface area contributed by atoms with Crippen molar-refractivity contribution in [3.05, 3.63) is 90.6 Å². The number of anilines is 1. The molecule has 0 radical (unpaired) electrons. The zero-order valence-corrected chi connectivity index (χ0v) is 19.4. The zero-order chi connectivity index (χ0) is 23.3. The number of hydrogen-bond donors (Lipinski definition) is 1. The molecule has 0 bridgehead atoms. The predicted molar refractivity (Wildman–Crippen MR) is 137 cm³/mol. The molecule has 2 heterocycles. The van der Waals surface area contributed by atoms with Crippen LogP contribution in [0.4, 0.5) is 5.69 Å². The van der Waals surface area contributed by atoms with E-state index < -0.39 is 0 Å². The molecule has 1 aliphatic rings. The van der Waals surface area contributed by atoms with Crippen LogP contribution in [-0.4, -0.2) is 36.0 Å². The molecular weight excluding hydrogens is 422 g/mol. The van der Waals surface area contributed by atoms with E-state index in [9.17, 15) is 4.79 Å². The highest BCUT2D eigenvalue weighted by molar-refractivity contribution is 5.93. The Balaban J connectivity index is 1.17. The Hall–Kier alpha value is -3.70. The van der Waals surface area contributed by atoms with E-state index in [2.05, 4.69) is 34.5 Å². The Labute approximate surface area is 200 Å². The van der Waals surface area contributed by atoms with Crippen LogP contribution in [0.15, 0.2) is 84.9 Å². The minimum Gasteiger partial charge on any atom is -0.497 e. The number of carbonyl (C=O) groups is 1. The van der Waals surface area contributed by atoms with Crippen molar-refractivity contribution in [3.8, 4) is 16.9 Å². The van der Waals surface area contributed by atoms with Gasteiger partial charge in [-0.15, -0.1) is 0 Å². The third kappa shape index (κ3) is 5.10. The average Bonchev–Trinajstić information content (AvgIpc) is 2.89. The maximum absolute atomic E-state index is 13.0. The first-order valence-electron chi connectivity index (χ1n) is 11.8. The molecule has 1 fully saturated rings. The fourth-order valence-electron chi connectivity index (χ4n) is 4.60. The van der Waals surface area contributed by atoms with Crippen molar-refractivity contribution >= 4 is 22.5 Å². The second kappa shape index (κ2) is 10.1. The predicted octanol–water partition coefficient (Wildman–Crippen LogP) is 5.76. The van der Waals surface area contributed by atoms with Gasteiger partial charge in [-0.3, -0.25) is 14.7 Å². The van der Waals surface area contributed by atoms with Gasteiger partial charge >= 0.3 is 0 Å². The molecule has 4 aromatic rings. The van der Waals surface area contributed by atoms with Gasteiger partial charge in [-0.05, 0) is 73.5 Å². The number of nitrogens with zero attached hydrogens (tertiary/aromatic N) is 2. The van der Waals surface area contributed by atoms with E-state index in [1.807, 2.05) is 60.7 Å². The molecule has 3 aromatic carbocycles. The molecular formula is C29H29N3O2. The van der Waals surface area contributed by atoms with Crippen LogP contribution in [-0.2, 0) is 11.3 Å². The summed E-state index contributed by atoms with van der Waals surface area (Å²) < 4.78 is 5.34. The molecule has 34 heavy (non-hydrogen) atoms. The Morgan fingerprint density at radius 2 is 1.71 bits per heavy atom. The number of hydrogen-bond acceptors (Lipinski definition) is 4. The molecule has 1 amide bonds. The maximum atomic E-state index is 13.0. The topological polar surface area (TPSA) is 54.5 Å². The Bertz CT molecular complexity index is 1300. The highest BCUT2D eigenvalue weighted by Crippen LogP contribution is 2.27. The molecule has 5 heteroatoms. The van der Waals surface area contributed by atoms with Crippen LogP contribution in [0.3, 0.4) is 0 Å². The van der Waals surface area contributed by atoms with Gasteiger partial charge in [-0.1, -0.05) is 48.5 Å². The standard InChI is InChI=1S/C29H29N3O2/c1-34-27-10-5-8-24(19-27)23-7-4-9-25(18-23)31-29(33)22-14-16-32(17-15-22)20-26-13-12-21-6-2-3-11-28(21)30-26/h2-13,18-19,22H,14-17,20H2,1H3,(H,31,33). The summed E-state index contributed by atoms with van der Waals surface area (Å²) >= 11 is 0. The van der Waals surface area contributed by atoms with E-state index >= 15 is 0 Å². The maximum Gasteiger partial charge on any atom is 0.227 e. The molecule has 5 nitrogen and oxygen atoms in total. The van der Waals surface area contributed by atoms with Crippen LogP contribution >= 0.6 is 0 Å². The Morgan fingerprint density at radius 3 is 2.53 bits per heavy atom. The molecule has 0 atom stereocenters. The SMILES string of the molecule is COc1cccc(-c2cccc(NC(=O)C3CCN(Cc4ccc5ccccc5n4)CC3)c2)c1. The first-order valence-corrected chi connectivity index (χ1v) is 11.8. The lowest BCUT2D eigenvalue weighted by Crippen LogP contribution is -2.37. The first-order chi connectivity index (χ1) is 16.7. The van der Waals surface area contributed by atoms with E-state index in [-0.39, 0.29) is 11.8 Å². The number of rotatable bonds is 6. The van der Waals surface area contributed by atoms with Crippen LogP contribution in [0.5, 0.6) is 5.75 Å². The number of likely N-dealkylation sites (tertiary alicyclic amines) is 1. The van der Waals surface area contributed by atoms with Crippen LogP contribution in [0.1, 0.15) is 18.5 Å². The largest absolute Gasteiger partial charge is 0.497 e. The van der Waals surface area contributed by atoms with Crippen LogP contribution in [0, 0.1) is 5.92 Å². The number of methoxy groups -OCH3 is 1. The van der Waals surface area contributed by atoms with Crippen molar-refractivity contribution in [1.82, 2.24) is 9.88 Å². The van der Waals surface area contributed by atoms with E-state index in [1.54, 1.807) is 7.11 Å². The van der Waals surface area contributed by atoms with Crippen LogP contribution in [0.2, 0.25) is 0 Å². The lowest BCUT2D eigenvalue weighted by Gasteiger charge is -2.31. The van der Waals surface area contributed by atoms with Gasteiger partial charge in [0.05, 0.1) is 18.3 Å². The highest BCUT2D eigenvalue weighted by Gasteiger charge is 2.25. The second-order valence-electron chi connectivity index (χ2n) is 8.85. The molecule has 0 aliphatic carbocycles. The van der Waals surface area contributed by atoms with Crippen molar-refractivity contribution in [3.63, 3.8) is 0 Å².